The molecule has 26 heavy (non-hydrogen) atoms. The molecule has 0 unspecified atom stereocenters. The summed E-state index contributed by atoms with van der Waals surface area (Å²) in [5.74, 6) is -0.172. The number of hydrazone groups is 1. The van der Waals surface area contributed by atoms with Crippen LogP contribution in [0, 0.1) is 0 Å². The highest BCUT2D eigenvalue weighted by Crippen LogP contribution is 2.22. The maximum Gasteiger partial charge on any atom is 0.271 e. The summed E-state index contributed by atoms with van der Waals surface area (Å²) in [6.45, 7) is 8.67. The maximum atomic E-state index is 12.5. The van der Waals surface area contributed by atoms with Crippen molar-refractivity contribution in [3.8, 4) is 0 Å². The Bertz CT molecular complexity index is 725. The molecule has 138 valence electrons. The van der Waals surface area contributed by atoms with Gasteiger partial charge in [-0.15, -0.1) is 0 Å². The lowest BCUT2D eigenvalue weighted by molar-refractivity contribution is 0.0954. The first-order chi connectivity index (χ1) is 12.4. The molecule has 2 rings (SSSR count). The fourth-order valence-electron chi connectivity index (χ4n) is 2.74. The molecule has 3 heteroatoms. The molecule has 0 heterocycles. The Balaban J connectivity index is 2.11. The van der Waals surface area contributed by atoms with Gasteiger partial charge in [0.2, 0.25) is 0 Å². The molecule has 0 aliphatic carbocycles. The molecule has 2 aromatic rings. The zero-order valence-corrected chi connectivity index (χ0v) is 16.4. The fraction of sp³-hybridized carbons (Fsp3) is 0.391. The van der Waals surface area contributed by atoms with Crippen LogP contribution in [0.1, 0.15) is 74.9 Å². The van der Waals surface area contributed by atoms with Gasteiger partial charge in [-0.2, -0.15) is 5.10 Å². The summed E-state index contributed by atoms with van der Waals surface area (Å²) in [6.07, 6.45) is 4.25. The van der Waals surface area contributed by atoms with Gasteiger partial charge in [0, 0.05) is 5.56 Å². The van der Waals surface area contributed by atoms with Crippen LogP contribution in [0.4, 0.5) is 0 Å². The van der Waals surface area contributed by atoms with E-state index < -0.39 is 0 Å². The van der Waals surface area contributed by atoms with Crippen molar-refractivity contribution in [1.82, 2.24) is 5.43 Å². The Morgan fingerprint density at radius 3 is 2.15 bits per heavy atom. The van der Waals surface area contributed by atoms with E-state index >= 15 is 0 Å². The molecule has 1 N–H and O–H groups in total. The van der Waals surface area contributed by atoms with Crippen LogP contribution < -0.4 is 5.43 Å². The molecule has 0 aromatic heterocycles. The topological polar surface area (TPSA) is 41.5 Å². The van der Waals surface area contributed by atoms with E-state index in [0.29, 0.717) is 5.56 Å². The SMILES string of the molecule is CCCCC/C(=N\NC(=O)c1ccc(C(C)(C)C)cc1)c1ccccc1. The normalized spacial score (nSPS) is 12.1. The Hall–Kier alpha value is -2.42. The lowest BCUT2D eigenvalue weighted by Gasteiger charge is -2.18. The minimum absolute atomic E-state index is 0.0763. The smallest absolute Gasteiger partial charge is 0.267 e. The molecule has 0 aliphatic heterocycles. The summed E-state index contributed by atoms with van der Waals surface area (Å²) in [7, 11) is 0. The van der Waals surface area contributed by atoms with E-state index in [1.165, 1.54) is 5.56 Å². The summed E-state index contributed by atoms with van der Waals surface area (Å²) < 4.78 is 0. The summed E-state index contributed by atoms with van der Waals surface area (Å²) in [6, 6.07) is 17.8. The van der Waals surface area contributed by atoms with Crippen LogP contribution in [-0.2, 0) is 5.41 Å². The lowest BCUT2D eigenvalue weighted by Crippen LogP contribution is -2.20. The van der Waals surface area contributed by atoms with Gasteiger partial charge < -0.3 is 0 Å². The lowest BCUT2D eigenvalue weighted by atomic mass is 9.87. The van der Waals surface area contributed by atoms with Gasteiger partial charge in [0.25, 0.3) is 5.91 Å². The van der Waals surface area contributed by atoms with Gasteiger partial charge in [0.05, 0.1) is 5.71 Å². The van der Waals surface area contributed by atoms with Crippen LogP contribution >= 0.6 is 0 Å². The Morgan fingerprint density at radius 1 is 0.923 bits per heavy atom. The van der Waals surface area contributed by atoms with Crippen molar-refractivity contribution >= 4 is 11.6 Å². The second-order valence-corrected chi connectivity index (χ2v) is 7.65. The average molecular weight is 351 g/mol. The molecule has 0 atom stereocenters. The zero-order chi connectivity index (χ0) is 19.0. The van der Waals surface area contributed by atoms with E-state index in [1.54, 1.807) is 0 Å². The largest absolute Gasteiger partial charge is 0.271 e. The molecule has 0 aliphatic rings. The quantitative estimate of drug-likeness (QED) is 0.388. The van der Waals surface area contributed by atoms with Gasteiger partial charge in [-0.25, -0.2) is 5.43 Å². The van der Waals surface area contributed by atoms with E-state index in [4.69, 9.17) is 0 Å². The highest BCUT2D eigenvalue weighted by molar-refractivity contribution is 6.02. The summed E-state index contributed by atoms with van der Waals surface area (Å²) in [5, 5.41) is 4.43. The van der Waals surface area contributed by atoms with E-state index in [-0.39, 0.29) is 11.3 Å². The third-order valence-electron chi connectivity index (χ3n) is 4.43. The van der Waals surface area contributed by atoms with Crippen molar-refractivity contribution in [2.24, 2.45) is 5.10 Å². The number of nitrogens with zero attached hydrogens (tertiary/aromatic N) is 1. The van der Waals surface area contributed by atoms with E-state index in [1.807, 2.05) is 54.6 Å². The third-order valence-corrected chi connectivity index (χ3v) is 4.43. The number of hydrogen-bond donors (Lipinski definition) is 1. The van der Waals surface area contributed by atoms with E-state index in [2.05, 4.69) is 38.2 Å². The molecular weight excluding hydrogens is 320 g/mol. The summed E-state index contributed by atoms with van der Waals surface area (Å²) >= 11 is 0. The van der Waals surface area contributed by atoms with Crippen LogP contribution in [0.5, 0.6) is 0 Å². The first kappa shape index (κ1) is 19.9. The predicted octanol–water partition coefficient (Wildman–Crippen LogP) is 5.70. The number of unbranched alkanes of at least 4 members (excludes halogenated alkanes) is 2. The van der Waals surface area contributed by atoms with Crippen molar-refractivity contribution in [3.63, 3.8) is 0 Å². The summed E-state index contributed by atoms with van der Waals surface area (Å²) in [5.41, 5.74) is 6.64. The number of benzene rings is 2. The first-order valence-corrected chi connectivity index (χ1v) is 9.44. The standard InChI is InChI=1S/C23H30N2O/c1-5-6-8-13-21(18-11-9-7-10-12-18)24-25-22(26)19-14-16-20(17-15-19)23(2,3)4/h7,9-12,14-17H,5-6,8,13H2,1-4H3,(H,25,26)/b24-21+. The molecule has 0 saturated heterocycles. The highest BCUT2D eigenvalue weighted by Gasteiger charge is 2.14. The Kier molecular flexibility index (Phi) is 7.14. The van der Waals surface area contributed by atoms with Crippen molar-refractivity contribution in [3.05, 3.63) is 71.3 Å². The van der Waals surface area contributed by atoms with Crippen LogP contribution in [0.15, 0.2) is 59.7 Å². The van der Waals surface area contributed by atoms with Crippen molar-refractivity contribution in [2.75, 3.05) is 0 Å². The van der Waals surface area contributed by atoms with Crippen LogP contribution in [0.2, 0.25) is 0 Å². The molecular formula is C23H30N2O. The number of nitrogens with one attached hydrogen (secondary N) is 1. The predicted molar refractivity (Wildman–Crippen MR) is 110 cm³/mol. The number of hydrogen-bond acceptors (Lipinski definition) is 2. The fourth-order valence-corrected chi connectivity index (χ4v) is 2.74. The second-order valence-electron chi connectivity index (χ2n) is 7.65. The Labute approximate surface area is 157 Å². The van der Waals surface area contributed by atoms with Crippen LogP contribution in [-0.4, -0.2) is 11.6 Å². The highest BCUT2D eigenvalue weighted by atomic mass is 16.2. The molecule has 0 bridgehead atoms. The van der Waals surface area contributed by atoms with Gasteiger partial charge in [-0.05, 0) is 41.5 Å². The van der Waals surface area contributed by atoms with Crippen molar-refractivity contribution < 1.29 is 4.79 Å². The van der Waals surface area contributed by atoms with Gasteiger partial charge in [-0.3, -0.25) is 4.79 Å². The van der Waals surface area contributed by atoms with Crippen LogP contribution in [0.3, 0.4) is 0 Å². The minimum atomic E-state index is -0.172. The third kappa shape index (κ3) is 5.83. The molecule has 0 saturated carbocycles. The molecule has 0 radical (unpaired) electrons. The van der Waals surface area contributed by atoms with Gasteiger partial charge >= 0.3 is 0 Å². The van der Waals surface area contributed by atoms with Crippen LogP contribution in [0.25, 0.3) is 0 Å². The minimum Gasteiger partial charge on any atom is -0.267 e. The van der Waals surface area contributed by atoms with E-state index in [9.17, 15) is 4.79 Å². The molecule has 0 fully saturated rings. The molecule has 1 amide bonds. The first-order valence-electron chi connectivity index (χ1n) is 9.44. The van der Waals surface area contributed by atoms with Crippen molar-refractivity contribution in [1.29, 1.82) is 0 Å². The Morgan fingerprint density at radius 2 is 1.58 bits per heavy atom. The molecule has 0 spiro atoms. The summed E-state index contributed by atoms with van der Waals surface area (Å²) in [4.78, 5) is 12.5. The molecule has 2 aromatic carbocycles. The number of carbonyl (C=O) groups excluding carboxylic acids is 1. The van der Waals surface area contributed by atoms with Gasteiger partial charge in [-0.1, -0.05) is 83.0 Å². The maximum absolute atomic E-state index is 12.5. The number of rotatable bonds is 7. The van der Waals surface area contributed by atoms with Crippen molar-refractivity contribution in [2.45, 2.75) is 58.8 Å². The van der Waals surface area contributed by atoms with E-state index in [0.717, 1.165) is 37.0 Å². The van der Waals surface area contributed by atoms with Gasteiger partial charge in [0.1, 0.15) is 0 Å². The molecule has 3 nitrogen and oxygen atoms in total. The second kappa shape index (κ2) is 9.33. The van der Waals surface area contributed by atoms with Gasteiger partial charge in [0.15, 0.2) is 0 Å². The monoisotopic (exact) mass is 350 g/mol. The average Bonchev–Trinajstić information content (AvgIpc) is 2.64. The number of amides is 1. The zero-order valence-electron chi connectivity index (χ0n) is 16.4. The number of carbonyl (C=O) groups is 1.